The van der Waals surface area contributed by atoms with Crippen molar-refractivity contribution < 1.29 is 19.5 Å². The molecule has 6 nitrogen and oxygen atoms in total. The van der Waals surface area contributed by atoms with Gasteiger partial charge in [0, 0.05) is 11.3 Å². The molecule has 0 aliphatic heterocycles. The highest BCUT2D eigenvalue weighted by atomic mass is 16.6. The molecule has 1 saturated carbocycles. The molecule has 1 aliphatic rings. The van der Waals surface area contributed by atoms with Crippen LogP contribution in [0, 0.1) is 5.92 Å². The monoisotopic (exact) mass is 432 g/mol. The molecule has 4 rings (SSSR count). The average Bonchev–Trinajstić information content (AvgIpc) is 2.84. The lowest BCUT2D eigenvalue weighted by Gasteiger charge is -2.29. The number of carbonyl (C=O) groups is 1. The number of hydrogen-bond donors (Lipinski definition) is 1. The van der Waals surface area contributed by atoms with Gasteiger partial charge >= 0.3 is 5.97 Å². The molecule has 0 amide bonds. The molecule has 166 valence electrons. The molecule has 0 spiro atoms. The molecular weight excluding hydrogens is 404 g/mol. The number of carboxylic acid groups (broad SMARTS) is 1. The van der Waals surface area contributed by atoms with Crippen LogP contribution in [0.2, 0.25) is 0 Å². The molecule has 0 saturated heterocycles. The summed E-state index contributed by atoms with van der Waals surface area (Å²) >= 11 is 0. The van der Waals surface area contributed by atoms with Crippen molar-refractivity contribution in [3.05, 3.63) is 71.9 Å². The molecular formula is C26H28N2O4. The van der Waals surface area contributed by atoms with Gasteiger partial charge in [-0.1, -0.05) is 60.8 Å². The second-order valence-electron chi connectivity index (χ2n) is 8.26. The number of fused-ring (bicyclic) bond motifs is 1. The minimum absolute atomic E-state index is 0.0475. The van der Waals surface area contributed by atoms with Gasteiger partial charge in [0.05, 0.1) is 11.2 Å². The Morgan fingerprint density at radius 3 is 2.56 bits per heavy atom. The summed E-state index contributed by atoms with van der Waals surface area (Å²) in [6, 6.07) is 19.8. The van der Waals surface area contributed by atoms with E-state index in [-0.39, 0.29) is 11.8 Å². The Bertz CT molecular complexity index is 1090. The third kappa shape index (κ3) is 5.44. The Hall–Kier alpha value is -3.41. The topological polar surface area (TPSA) is 81.0 Å². The summed E-state index contributed by atoms with van der Waals surface area (Å²) in [5.41, 5.74) is 2.76. The summed E-state index contributed by atoms with van der Waals surface area (Å²) in [5, 5.41) is 14.1. The van der Waals surface area contributed by atoms with Gasteiger partial charge in [0.1, 0.15) is 12.4 Å². The smallest absolute Gasteiger partial charge is 0.353 e. The highest BCUT2D eigenvalue weighted by Crippen LogP contribution is 2.37. The van der Waals surface area contributed by atoms with E-state index in [2.05, 4.69) is 16.2 Å². The number of carboxylic acids is 1. The molecule has 3 aromatic rings. The van der Waals surface area contributed by atoms with Crippen LogP contribution in [0.25, 0.3) is 10.9 Å². The first kappa shape index (κ1) is 21.8. The molecule has 1 atom stereocenters. The van der Waals surface area contributed by atoms with E-state index in [1.807, 2.05) is 54.6 Å². The van der Waals surface area contributed by atoms with Crippen LogP contribution >= 0.6 is 0 Å². The Kier molecular flexibility index (Phi) is 7.00. The molecule has 1 N–H and O–H groups in total. The van der Waals surface area contributed by atoms with Gasteiger partial charge in [-0.3, -0.25) is 0 Å². The maximum Gasteiger partial charge on any atom is 0.353 e. The van der Waals surface area contributed by atoms with E-state index >= 15 is 0 Å². The van der Waals surface area contributed by atoms with Crippen molar-refractivity contribution in [1.29, 1.82) is 0 Å². The van der Waals surface area contributed by atoms with Crippen molar-refractivity contribution in [3.63, 3.8) is 0 Å². The highest BCUT2D eigenvalue weighted by Gasteiger charge is 2.27. The number of para-hydroxylation sites is 1. The summed E-state index contributed by atoms with van der Waals surface area (Å²) in [6.45, 7) is 1.83. The zero-order chi connectivity index (χ0) is 22.3. The van der Waals surface area contributed by atoms with Gasteiger partial charge in [0.2, 0.25) is 0 Å². The molecule has 1 fully saturated rings. The summed E-state index contributed by atoms with van der Waals surface area (Å²) in [7, 11) is 0. The number of hydrogen-bond acceptors (Lipinski definition) is 5. The van der Waals surface area contributed by atoms with Crippen molar-refractivity contribution in [2.45, 2.75) is 51.7 Å². The van der Waals surface area contributed by atoms with E-state index < -0.39 is 5.97 Å². The lowest BCUT2D eigenvalue weighted by molar-refractivity contribution is -0.129. The minimum Gasteiger partial charge on any atom is -0.487 e. The molecule has 1 unspecified atom stereocenters. The summed E-state index contributed by atoms with van der Waals surface area (Å²) in [4.78, 5) is 21.5. The molecule has 1 aliphatic carbocycles. The maximum atomic E-state index is 11.1. The van der Waals surface area contributed by atoms with Gasteiger partial charge in [0.25, 0.3) is 0 Å². The summed E-state index contributed by atoms with van der Waals surface area (Å²) in [5.74, 6) is -0.00238. The second kappa shape index (κ2) is 10.3. The van der Waals surface area contributed by atoms with Gasteiger partial charge in [-0.25, -0.2) is 9.78 Å². The van der Waals surface area contributed by atoms with Gasteiger partial charge in [-0.2, -0.15) is 0 Å². The number of aromatic nitrogens is 1. The summed E-state index contributed by atoms with van der Waals surface area (Å²) in [6.07, 6.45) is 5.39. The van der Waals surface area contributed by atoms with Crippen molar-refractivity contribution in [2.75, 3.05) is 0 Å². The number of rotatable bonds is 8. The van der Waals surface area contributed by atoms with E-state index in [0.717, 1.165) is 53.6 Å². The zero-order valence-corrected chi connectivity index (χ0v) is 18.2. The van der Waals surface area contributed by atoms with E-state index in [9.17, 15) is 4.79 Å². The molecule has 1 heterocycles. The fraction of sp³-hybridized carbons (Fsp3) is 0.346. The molecule has 1 aromatic heterocycles. The zero-order valence-electron chi connectivity index (χ0n) is 18.2. The van der Waals surface area contributed by atoms with Crippen LogP contribution in [0.1, 0.15) is 56.4 Å². The third-order valence-corrected chi connectivity index (χ3v) is 5.94. The van der Waals surface area contributed by atoms with Crippen LogP contribution in [0.3, 0.4) is 0 Å². The van der Waals surface area contributed by atoms with Crippen LogP contribution in [0.4, 0.5) is 0 Å². The lowest BCUT2D eigenvalue weighted by Crippen LogP contribution is -2.19. The third-order valence-electron chi connectivity index (χ3n) is 5.94. The van der Waals surface area contributed by atoms with Crippen LogP contribution in [0.5, 0.6) is 5.75 Å². The fourth-order valence-electron chi connectivity index (χ4n) is 4.13. The molecule has 0 bridgehead atoms. The van der Waals surface area contributed by atoms with E-state index in [0.29, 0.717) is 12.5 Å². The number of oxime groups is 1. The normalized spacial score (nSPS) is 16.0. The number of benzene rings is 2. The Balaban J connectivity index is 1.45. The fourth-order valence-corrected chi connectivity index (χ4v) is 4.13. The molecule has 0 radical (unpaired) electrons. The SMILES string of the molecule is C/C(=N/OC(c1ccc(OCc2ccc3ccccc3n2)cc1)C1CCCCC1)C(=O)O. The maximum absolute atomic E-state index is 11.1. The van der Waals surface area contributed by atoms with Gasteiger partial charge in [-0.05, 0) is 49.6 Å². The predicted molar refractivity (Wildman–Crippen MR) is 124 cm³/mol. The first-order chi connectivity index (χ1) is 15.6. The van der Waals surface area contributed by atoms with Crippen molar-refractivity contribution >= 4 is 22.6 Å². The standard InChI is InChI=1S/C26H28N2O4/c1-18(26(29)30)28-32-25(20-8-3-2-4-9-20)21-12-15-23(16-13-21)31-17-22-14-11-19-7-5-6-10-24(19)27-22/h5-7,10-16,20,25H,2-4,8-9,17H2,1H3,(H,29,30)/b28-18-. The molecule has 2 aromatic carbocycles. The lowest BCUT2D eigenvalue weighted by atomic mass is 9.83. The Morgan fingerprint density at radius 2 is 1.81 bits per heavy atom. The Labute approximate surface area is 187 Å². The number of aliphatic carboxylic acids is 1. The highest BCUT2D eigenvalue weighted by molar-refractivity contribution is 6.34. The van der Waals surface area contributed by atoms with Crippen molar-refractivity contribution in [3.8, 4) is 5.75 Å². The largest absolute Gasteiger partial charge is 0.487 e. The van der Waals surface area contributed by atoms with Crippen molar-refractivity contribution in [2.24, 2.45) is 11.1 Å². The average molecular weight is 433 g/mol. The summed E-state index contributed by atoms with van der Waals surface area (Å²) < 4.78 is 5.94. The van der Waals surface area contributed by atoms with Crippen LogP contribution < -0.4 is 4.74 Å². The molecule has 6 heteroatoms. The minimum atomic E-state index is -1.07. The van der Waals surface area contributed by atoms with Crippen LogP contribution in [-0.2, 0) is 16.2 Å². The molecule has 32 heavy (non-hydrogen) atoms. The number of nitrogens with zero attached hydrogens (tertiary/aromatic N) is 2. The van der Waals surface area contributed by atoms with E-state index in [1.165, 1.54) is 13.3 Å². The van der Waals surface area contributed by atoms with Gasteiger partial charge in [0.15, 0.2) is 11.8 Å². The van der Waals surface area contributed by atoms with Gasteiger partial charge in [-0.15, -0.1) is 0 Å². The number of ether oxygens (including phenoxy) is 1. The first-order valence-corrected chi connectivity index (χ1v) is 11.1. The van der Waals surface area contributed by atoms with Gasteiger partial charge < -0.3 is 14.7 Å². The van der Waals surface area contributed by atoms with Crippen LogP contribution in [-0.4, -0.2) is 21.8 Å². The second-order valence-corrected chi connectivity index (χ2v) is 8.26. The van der Waals surface area contributed by atoms with E-state index in [1.54, 1.807) is 0 Å². The Morgan fingerprint density at radius 1 is 1.06 bits per heavy atom. The number of pyridine rings is 1. The van der Waals surface area contributed by atoms with Crippen molar-refractivity contribution in [1.82, 2.24) is 4.98 Å². The quantitative estimate of drug-likeness (QED) is 0.353. The first-order valence-electron chi connectivity index (χ1n) is 11.1. The predicted octanol–water partition coefficient (Wildman–Crippen LogP) is 5.91. The van der Waals surface area contributed by atoms with E-state index in [4.69, 9.17) is 14.7 Å². The van der Waals surface area contributed by atoms with Crippen LogP contribution in [0.15, 0.2) is 65.8 Å².